The number of hydrogen-bond donors (Lipinski definition) is 0. The van der Waals surface area contributed by atoms with E-state index in [1.54, 1.807) is 19.1 Å². The summed E-state index contributed by atoms with van der Waals surface area (Å²) in [6.07, 6.45) is 0. The van der Waals surface area contributed by atoms with Crippen LogP contribution in [-0.4, -0.2) is 19.0 Å². The molecule has 0 amide bonds. The van der Waals surface area contributed by atoms with Crippen LogP contribution in [0.15, 0.2) is 51.3 Å². The summed E-state index contributed by atoms with van der Waals surface area (Å²) in [5.74, 6) is -0.428. The third-order valence-electron chi connectivity index (χ3n) is 3.74. The Bertz CT molecular complexity index is 969. The summed E-state index contributed by atoms with van der Waals surface area (Å²) in [5, 5.41) is 0. The summed E-state index contributed by atoms with van der Waals surface area (Å²) in [5.41, 5.74) is 0.580. The zero-order valence-corrected chi connectivity index (χ0v) is 15.2. The zero-order valence-electron chi connectivity index (χ0n) is 15.2. The van der Waals surface area contributed by atoms with Gasteiger partial charge in [0.25, 0.3) is 0 Å². The summed E-state index contributed by atoms with van der Waals surface area (Å²) in [6.45, 7) is 1.58. The Morgan fingerprint density at radius 3 is 2.43 bits per heavy atom. The molecule has 0 fully saturated rings. The van der Waals surface area contributed by atoms with Crippen molar-refractivity contribution >= 4 is 11.9 Å². The highest BCUT2D eigenvalue weighted by molar-refractivity contribution is 5.88. The van der Waals surface area contributed by atoms with E-state index < -0.39 is 11.9 Å². The SMILES string of the molecule is COC(=O)c1oc(COC(=O)c2ccc(COc3ccc(F)cc3)o2)cc1C. The molecule has 146 valence electrons. The highest BCUT2D eigenvalue weighted by Gasteiger charge is 2.18. The monoisotopic (exact) mass is 388 g/mol. The molecule has 2 aromatic heterocycles. The predicted octanol–water partition coefficient (Wildman–Crippen LogP) is 4.04. The molecule has 3 aromatic rings. The van der Waals surface area contributed by atoms with Crippen LogP contribution in [0.1, 0.15) is 38.2 Å². The fraction of sp³-hybridized carbons (Fsp3) is 0.200. The quantitative estimate of drug-likeness (QED) is 0.564. The maximum atomic E-state index is 12.9. The van der Waals surface area contributed by atoms with Gasteiger partial charge in [-0.05, 0) is 49.4 Å². The van der Waals surface area contributed by atoms with E-state index in [2.05, 4.69) is 4.74 Å². The highest BCUT2D eigenvalue weighted by atomic mass is 19.1. The van der Waals surface area contributed by atoms with Crippen LogP contribution in [-0.2, 0) is 22.7 Å². The van der Waals surface area contributed by atoms with Crippen LogP contribution >= 0.6 is 0 Å². The molecule has 0 aliphatic rings. The van der Waals surface area contributed by atoms with E-state index in [9.17, 15) is 14.0 Å². The molecule has 0 unspecified atom stereocenters. The number of rotatable bonds is 7. The minimum atomic E-state index is -0.693. The van der Waals surface area contributed by atoms with Crippen LogP contribution in [0, 0.1) is 12.7 Å². The van der Waals surface area contributed by atoms with Crippen LogP contribution in [0.4, 0.5) is 4.39 Å². The maximum Gasteiger partial charge on any atom is 0.374 e. The fourth-order valence-corrected chi connectivity index (χ4v) is 2.37. The molecule has 2 heterocycles. The molecule has 0 radical (unpaired) electrons. The molecular formula is C20H17FO7. The van der Waals surface area contributed by atoms with Crippen molar-refractivity contribution in [2.75, 3.05) is 7.11 Å². The van der Waals surface area contributed by atoms with Crippen molar-refractivity contribution in [2.24, 2.45) is 0 Å². The van der Waals surface area contributed by atoms with Gasteiger partial charge < -0.3 is 23.0 Å². The normalized spacial score (nSPS) is 10.5. The second-order valence-electron chi connectivity index (χ2n) is 5.80. The molecule has 0 aliphatic heterocycles. The zero-order chi connectivity index (χ0) is 20.1. The fourth-order valence-electron chi connectivity index (χ4n) is 2.37. The molecule has 0 saturated carbocycles. The van der Waals surface area contributed by atoms with Gasteiger partial charge in [-0.1, -0.05) is 0 Å². The average molecular weight is 388 g/mol. The van der Waals surface area contributed by atoms with E-state index in [-0.39, 0.29) is 30.6 Å². The minimum absolute atomic E-state index is 0.00539. The van der Waals surface area contributed by atoms with Gasteiger partial charge in [-0.3, -0.25) is 0 Å². The number of benzene rings is 1. The van der Waals surface area contributed by atoms with E-state index in [0.29, 0.717) is 22.8 Å². The number of hydrogen-bond acceptors (Lipinski definition) is 7. The average Bonchev–Trinajstić information content (AvgIpc) is 3.32. The van der Waals surface area contributed by atoms with Crippen molar-refractivity contribution in [3.63, 3.8) is 0 Å². The lowest BCUT2D eigenvalue weighted by Gasteiger charge is -2.03. The number of ether oxygens (including phenoxy) is 3. The van der Waals surface area contributed by atoms with E-state index in [4.69, 9.17) is 18.3 Å². The Kier molecular flexibility index (Phi) is 5.78. The van der Waals surface area contributed by atoms with Crippen molar-refractivity contribution < 1.29 is 37.0 Å². The maximum absolute atomic E-state index is 12.9. The topological polar surface area (TPSA) is 88.1 Å². The van der Waals surface area contributed by atoms with Gasteiger partial charge in [0.15, 0.2) is 0 Å². The molecule has 28 heavy (non-hydrogen) atoms. The number of esters is 2. The third-order valence-corrected chi connectivity index (χ3v) is 3.74. The Morgan fingerprint density at radius 1 is 0.964 bits per heavy atom. The van der Waals surface area contributed by atoms with E-state index in [1.807, 2.05) is 0 Å². The van der Waals surface area contributed by atoms with Gasteiger partial charge in [-0.25, -0.2) is 14.0 Å². The largest absolute Gasteiger partial charge is 0.486 e. The molecule has 0 atom stereocenters. The summed E-state index contributed by atoms with van der Waals surface area (Å²) < 4.78 is 38.7. The lowest BCUT2D eigenvalue weighted by atomic mass is 10.2. The molecule has 0 N–H and O–H groups in total. The first-order chi connectivity index (χ1) is 13.5. The lowest BCUT2D eigenvalue weighted by Crippen LogP contribution is -2.04. The van der Waals surface area contributed by atoms with Crippen molar-refractivity contribution in [3.8, 4) is 5.75 Å². The minimum Gasteiger partial charge on any atom is -0.486 e. The first-order valence-electron chi connectivity index (χ1n) is 8.28. The highest BCUT2D eigenvalue weighted by Crippen LogP contribution is 2.18. The molecule has 8 heteroatoms. The van der Waals surface area contributed by atoms with E-state index in [1.165, 1.54) is 37.4 Å². The molecule has 1 aromatic carbocycles. The van der Waals surface area contributed by atoms with Crippen molar-refractivity contribution in [1.82, 2.24) is 0 Å². The van der Waals surface area contributed by atoms with Gasteiger partial charge >= 0.3 is 11.9 Å². The summed E-state index contributed by atoms with van der Waals surface area (Å²) in [7, 11) is 1.25. The van der Waals surface area contributed by atoms with Crippen molar-refractivity contribution in [2.45, 2.75) is 20.1 Å². The number of furan rings is 2. The number of carbonyl (C=O) groups excluding carboxylic acids is 2. The Labute approximate surface area is 159 Å². The molecule has 0 spiro atoms. The second kappa shape index (κ2) is 8.43. The van der Waals surface area contributed by atoms with Gasteiger partial charge in [-0.15, -0.1) is 0 Å². The second-order valence-corrected chi connectivity index (χ2v) is 5.80. The van der Waals surface area contributed by atoms with Gasteiger partial charge in [-0.2, -0.15) is 0 Å². The smallest absolute Gasteiger partial charge is 0.374 e. The van der Waals surface area contributed by atoms with Gasteiger partial charge in [0, 0.05) is 5.56 Å². The van der Waals surface area contributed by atoms with Gasteiger partial charge in [0.05, 0.1) is 7.11 Å². The standard InChI is InChI=1S/C20H17FO7/c1-12-9-16(28-18(12)20(23)24-2)11-26-19(22)17-8-7-15(27-17)10-25-14-5-3-13(21)4-6-14/h3-9H,10-11H2,1-2H3. The lowest BCUT2D eigenvalue weighted by molar-refractivity contribution is 0.0400. The molecular weight excluding hydrogens is 371 g/mol. The first kappa shape index (κ1) is 19.2. The molecule has 0 aliphatic carbocycles. The van der Waals surface area contributed by atoms with Gasteiger partial charge in [0.2, 0.25) is 11.5 Å². The molecule has 0 bridgehead atoms. The van der Waals surface area contributed by atoms with Crippen molar-refractivity contribution in [1.29, 1.82) is 0 Å². The molecule has 0 saturated heterocycles. The van der Waals surface area contributed by atoms with Gasteiger partial charge in [0.1, 0.15) is 36.3 Å². The molecule has 7 nitrogen and oxygen atoms in total. The first-order valence-corrected chi connectivity index (χ1v) is 8.28. The van der Waals surface area contributed by atoms with Crippen LogP contribution in [0.2, 0.25) is 0 Å². The number of halogens is 1. The van der Waals surface area contributed by atoms with E-state index >= 15 is 0 Å². The Balaban J connectivity index is 1.54. The van der Waals surface area contributed by atoms with Crippen molar-refractivity contribution in [3.05, 3.63) is 76.9 Å². The number of aryl methyl sites for hydroxylation is 1. The molecule has 3 rings (SSSR count). The van der Waals surface area contributed by atoms with E-state index in [0.717, 1.165) is 0 Å². The third kappa shape index (κ3) is 4.59. The number of methoxy groups -OCH3 is 1. The Hall–Kier alpha value is -3.55. The summed E-state index contributed by atoms with van der Waals surface area (Å²) >= 11 is 0. The number of carbonyl (C=O) groups is 2. The van der Waals surface area contributed by atoms with Crippen LogP contribution < -0.4 is 4.74 Å². The summed E-state index contributed by atoms with van der Waals surface area (Å²) in [4.78, 5) is 23.6. The summed E-state index contributed by atoms with van der Waals surface area (Å²) in [6, 6.07) is 10.2. The van der Waals surface area contributed by atoms with Crippen LogP contribution in [0.5, 0.6) is 5.75 Å². The van der Waals surface area contributed by atoms with Crippen LogP contribution in [0.25, 0.3) is 0 Å². The predicted molar refractivity (Wildman–Crippen MR) is 93.3 cm³/mol. The van der Waals surface area contributed by atoms with Crippen LogP contribution in [0.3, 0.4) is 0 Å². The Morgan fingerprint density at radius 2 is 1.71 bits per heavy atom.